The Morgan fingerprint density at radius 2 is 1.62 bits per heavy atom. The van der Waals surface area contributed by atoms with Gasteiger partial charge in [0.05, 0.1) is 23.4 Å². The first-order valence-corrected chi connectivity index (χ1v) is 14.2. The van der Waals surface area contributed by atoms with E-state index in [1.165, 1.54) is 0 Å². The van der Waals surface area contributed by atoms with Crippen molar-refractivity contribution in [3.63, 3.8) is 0 Å². The van der Waals surface area contributed by atoms with Gasteiger partial charge in [-0.1, -0.05) is 32.4 Å². The van der Waals surface area contributed by atoms with E-state index in [1.807, 2.05) is 10.9 Å². The van der Waals surface area contributed by atoms with Gasteiger partial charge in [-0.25, -0.2) is 0 Å². The fourth-order valence-electron chi connectivity index (χ4n) is 3.74. The van der Waals surface area contributed by atoms with E-state index < -0.39 is 15.4 Å². The van der Waals surface area contributed by atoms with Crippen molar-refractivity contribution in [1.29, 1.82) is 0 Å². The lowest BCUT2D eigenvalue weighted by Crippen LogP contribution is -2.44. The first-order valence-electron chi connectivity index (χ1n) is 10.9. The van der Waals surface area contributed by atoms with Crippen molar-refractivity contribution in [1.82, 2.24) is 9.78 Å². The minimum Gasteiger partial charge on any atom is -0.414 e. The quantitative estimate of drug-likeness (QED) is 0.593. The fraction of sp³-hybridized carbons (Fsp3) is 0.857. The Balaban J connectivity index is 1.65. The van der Waals surface area contributed by atoms with Crippen molar-refractivity contribution in [3.8, 4) is 0 Å². The maximum atomic E-state index is 6.74. The van der Waals surface area contributed by atoms with Crippen LogP contribution < -0.4 is 5.46 Å². The van der Waals surface area contributed by atoms with Gasteiger partial charge in [-0.3, -0.25) is 4.68 Å². The third-order valence-corrected chi connectivity index (χ3v) is 12.5. The van der Waals surface area contributed by atoms with Crippen LogP contribution in [0.4, 0.5) is 0 Å². The molecule has 2 aliphatic rings. The van der Waals surface area contributed by atoms with Crippen LogP contribution in [-0.2, 0) is 13.7 Å². The lowest BCUT2D eigenvalue weighted by Gasteiger charge is -2.41. The molecule has 2 fully saturated rings. The van der Waals surface area contributed by atoms with Crippen LogP contribution in [0.1, 0.15) is 80.2 Å². The van der Waals surface area contributed by atoms with Crippen molar-refractivity contribution in [2.24, 2.45) is 0 Å². The third kappa shape index (κ3) is 4.49. The highest BCUT2D eigenvalue weighted by atomic mass is 35.5. The Bertz CT molecular complexity index is 721. The van der Waals surface area contributed by atoms with Gasteiger partial charge in [0, 0.05) is 11.6 Å². The second kappa shape index (κ2) is 7.66. The number of aromatic nitrogens is 2. The van der Waals surface area contributed by atoms with Crippen LogP contribution in [0.25, 0.3) is 0 Å². The van der Waals surface area contributed by atoms with Gasteiger partial charge in [0.1, 0.15) is 5.15 Å². The summed E-state index contributed by atoms with van der Waals surface area (Å²) in [7, 11) is -2.20. The Kier molecular flexibility index (Phi) is 6.16. The van der Waals surface area contributed by atoms with Crippen LogP contribution in [-0.4, -0.2) is 42.5 Å². The predicted octanol–water partition coefficient (Wildman–Crippen LogP) is 5.34. The molecule has 0 atom stereocenters. The van der Waals surface area contributed by atoms with Crippen LogP contribution in [0.3, 0.4) is 0 Å². The van der Waals surface area contributed by atoms with Crippen molar-refractivity contribution >= 4 is 32.5 Å². The topological polar surface area (TPSA) is 45.5 Å². The van der Waals surface area contributed by atoms with Gasteiger partial charge in [0.15, 0.2) is 8.32 Å². The van der Waals surface area contributed by atoms with Gasteiger partial charge in [0.2, 0.25) is 0 Å². The molecule has 3 rings (SSSR count). The molecule has 1 saturated heterocycles. The first-order chi connectivity index (χ1) is 13.1. The van der Waals surface area contributed by atoms with Crippen molar-refractivity contribution in [3.05, 3.63) is 11.3 Å². The third-order valence-electron chi connectivity index (χ3n) is 7.52. The molecule has 0 bridgehead atoms. The van der Waals surface area contributed by atoms with E-state index in [0.717, 1.165) is 31.1 Å². The van der Waals surface area contributed by atoms with Crippen LogP contribution in [0.5, 0.6) is 0 Å². The maximum Gasteiger partial charge on any atom is 0.499 e. The van der Waals surface area contributed by atoms with Gasteiger partial charge in [-0.2, -0.15) is 5.10 Å². The van der Waals surface area contributed by atoms with E-state index in [1.54, 1.807) is 0 Å². The van der Waals surface area contributed by atoms with Crippen LogP contribution in [0.2, 0.25) is 23.3 Å². The van der Waals surface area contributed by atoms with E-state index in [0.29, 0.717) is 17.3 Å². The molecule has 0 N–H and O–H groups in total. The number of hydrogen-bond acceptors (Lipinski definition) is 4. The Morgan fingerprint density at radius 3 is 2.10 bits per heavy atom. The largest absolute Gasteiger partial charge is 0.499 e. The monoisotopic (exact) mass is 440 g/mol. The molecule has 1 aromatic rings. The molecule has 0 radical (unpaired) electrons. The Hall–Kier alpha value is -0.338. The molecule has 1 saturated carbocycles. The molecule has 0 unspecified atom stereocenters. The van der Waals surface area contributed by atoms with Crippen LogP contribution >= 0.6 is 11.6 Å². The molecule has 2 heterocycles. The summed E-state index contributed by atoms with van der Waals surface area (Å²) < 4.78 is 20.9. The summed E-state index contributed by atoms with van der Waals surface area (Å²) in [6.07, 6.45) is 6.33. The van der Waals surface area contributed by atoms with Crippen molar-refractivity contribution in [2.75, 3.05) is 0 Å². The molecule has 29 heavy (non-hydrogen) atoms. The molecule has 1 aromatic heterocycles. The normalized spacial score (nSPS) is 27.4. The van der Waals surface area contributed by atoms with Crippen molar-refractivity contribution in [2.45, 2.75) is 116 Å². The van der Waals surface area contributed by atoms with Crippen LogP contribution in [0, 0.1) is 0 Å². The van der Waals surface area contributed by atoms with Gasteiger partial charge < -0.3 is 13.7 Å². The molecule has 0 spiro atoms. The highest BCUT2D eigenvalue weighted by Gasteiger charge is 2.53. The zero-order valence-electron chi connectivity index (χ0n) is 19.6. The molecular weight excluding hydrogens is 403 g/mol. The summed E-state index contributed by atoms with van der Waals surface area (Å²) in [6.45, 7) is 19.8. The van der Waals surface area contributed by atoms with Gasteiger partial charge in [0.25, 0.3) is 0 Å². The first kappa shape index (κ1) is 23.3. The summed E-state index contributed by atoms with van der Waals surface area (Å²) in [5, 5.41) is 5.49. The number of rotatable bonds is 4. The van der Waals surface area contributed by atoms with E-state index in [4.69, 9.17) is 25.3 Å². The van der Waals surface area contributed by atoms with Gasteiger partial charge in [-0.15, -0.1) is 0 Å². The highest BCUT2D eigenvalue weighted by Crippen LogP contribution is 2.41. The minimum atomic E-state index is -1.73. The maximum absolute atomic E-state index is 6.74. The summed E-state index contributed by atoms with van der Waals surface area (Å²) in [4.78, 5) is 0. The second-order valence-electron chi connectivity index (χ2n) is 11.2. The van der Waals surface area contributed by atoms with E-state index in [-0.39, 0.29) is 16.2 Å². The molecule has 0 aromatic carbocycles. The number of hydrogen-bond donors (Lipinski definition) is 0. The summed E-state index contributed by atoms with van der Waals surface area (Å²) in [5.41, 5.74) is 0.0507. The fourth-order valence-corrected chi connectivity index (χ4v) is 5.49. The average molecular weight is 441 g/mol. The van der Waals surface area contributed by atoms with Crippen LogP contribution in [0.15, 0.2) is 6.20 Å². The second-order valence-corrected chi connectivity index (χ2v) is 16.3. The smallest absolute Gasteiger partial charge is 0.414 e. The Labute approximate surface area is 183 Å². The summed E-state index contributed by atoms with van der Waals surface area (Å²) in [6, 6.07) is 0.304. The Morgan fingerprint density at radius 1 is 1.10 bits per heavy atom. The van der Waals surface area contributed by atoms with Gasteiger partial charge in [-0.05, 0) is 71.5 Å². The lowest BCUT2D eigenvalue weighted by molar-refractivity contribution is 0.00578. The standard InChI is InChI=1S/C21H38BClN2O3Si/c1-19(2,3)29(8,9)26-16-12-10-15(11-13-16)25-18(23)17(14-24-25)22-27-20(4,5)21(6,7)28-22/h14-16H,10-13H2,1-9H3. The zero-order valence-corrected chi connectivity index (χ0v) is 21.4. The molecule has 1 aliphatic heterocycles. The molecule has 8 heteroatoms. The summed E-state index contributed by atoms with van der Waals surface area (Å²) >= 11 is 6.74. The number of nitrogens with zero attached hydrogens (tertiary/aromatic N) is 2. The minimum absolute atomic E-state index is 0.243. The highest BCUT2D eigenvalue weighted by molar-refractivity contribution is 6.74. The SMILES string of the molecule is CC1(C)OB(c2cnn(C3CCC(O[Si](C)(C)C(C)(C)C)CC3)c2Cl)OC1(C)C. The van der Waals surface area contributed by atoms with Gasteiger partial charge >= 0.3 is 7.12 Å². The molecule has 5 nitrogen and oxygen atoms in total. The average Bonchev–Trinajstić information content (AvgIpc) is 3.03. The van der Waals surface area contributed by atoms with Crippen molar-refractivity contribution < 1.29 is 13.7 Å². The van der Waals surface area contributed by atoms with E-state index in [2.05, 4.69) is 66.7 Å². The molecule has 1 aliphatic carbocycles. The van der Waals surface area contributed by atoms with E-state index >= 15 is 0 Å². The molecular formula is C21H38BClN2O3Si. The predicted molar refractivity (Wildman–Crippen MR) is 123 cm³/mol. The molecule has 164 valence electrons. The lowest BCUT2D eigenvalue weighted by atomic mass is 9.81. The summed E-state index contributed by atoms with van der Waals surface area (Å²) in [5.74, 6) is 0. The molecule has 0 amide bonds. The zero-order chi connectivity index (χ0) is 21.8. The van der Waals surface area contributed by atoms with E-state index in [9.17, 15) is 0 Å². The number of halogens is 1.